The lowest BCUT2D eigenvalue weighted by Gasteiger charge is -2.24. The van der Waals surface area contributed by atoms with Crippen LogP contribution < -0.4 is 9.47 Å². The summed E-state index contributed by atoms with van der Waals surface area (Å²) < 4.78 is 37.6. The molecule has 1 aliphatic heterocycles. The van der Waals surface area contributed by atoms with E-state index in [9.17, 15) is 13.2 Å². The standard InChI is InChI=1S/C23H20O5S/c1-15-7-12-19(16-8-10-18(27-2)11-9-16)21(13-15)29(25,26)22-14-17-5-3-4-6-20(17)28-23(22)24/h3-13,22H,14H2,1-2H3. The monoisotopic (exact) mass is 408 g/mol. The fourth-order valence-corrected chi connectivity index (χ4v) is 5.34. The van der Waals surface area contributed by atoms with Gasteiger partial charge in [-0.1, -0.05) is 42.5 Å². The summed E-state index contributed by atoms with van der Waals surface area (Å²) in [7, 11) is -2.40. The van der Waals surface area contributed by atoms with Crippen molar-refractivity contribution in [1.29, 1.82) is 0 Å². The van der Waals surface area contributed by atoms with Crippen molar-refractivity contribution in [3.05, 3.63) is 77.9 Å². The summed E-state index contributed by atoms with van der Waals surface area (Å²) in [4.78, 5) is 12.7. The largest absolute Gasteiger partial charge is 0.497 e. The number of aryl methyl sites for hydroxylation is 1. The minimum Gasteiger partial charge on any atom is -0.497 e. The van der Waals surface area contributed by atoms with E-state index in [0.29, 0.717) is 22.6 Å². The topological polar surface area (TPSA) is 69.7 Å². The molecule has 0 bridgehead atoms. The highest BCUT2D eigenvalue weighted by Gasteiger charge is 2.40. The van der Waals surface area contributed by atoms with Crippen LogP contribution in [0, 0.1) is 6.92 Å². The van der Waals surface area contributed by atoms with Crippen molar-refractivity contribution in [3.63, 3.8) is 0 Å². The van der Waals surface area contributed by atoms with Gasteiger partial charge in [0, 0.05) is 12.0 Å². The molecule has 0 amide bonds. The number of ether oxygens (including phenoxy) is 2. The Balaban J connectivity index is 1.81. The third kappa shape index (κ3) is 3.51. The summed E-state index contributed by atoms with van der Waals surface area (Å²) in [5.41, 5.74) is 2.78. The molecule has 1 atom stereocenters. The smallest absolute Gasteiger partial charge is 0.330 e. The maximum atomic E-state index is 13.6. The minimum atomic E-state index is -3.98. The van der Waals surface area contributed by atoms with Crippen LogP contribution in [0.25, 0.3) is 11.1 Å². The molecule has 6 heteroatoms. The van der Waals surface area contributed by atoms with Gasteiger partial charge >= 0.3 is 5.97 Å². The van der Waals surface area contributed by atoms with Gasteiger partial charge in [-0.2, -0.15) is 0 Å². The molecule has 29 heavy (non-hydrogen) atoms. The fourth-order valence-electron chi connectivity index (χ4n) is 3.49. The van der Waals surface area contributed by atoms with Gasteiger partial charge in [0.05, 0.1) is 12.0 Å². The van der Waals surface area contributed by atoms with E-state index in [4.69, 9.17) is 9.47 Å². The molecule has 5 nitrogen and oxygen atoms in total. The lowest BCUT2D eigenvalue weighted by Crippen LogP contribution is -2.39. The summed E-state index contributed by atoms with van der Waals surface area (Å²) in [6.45, 7) is 1.82. The maximum Gasteiger partial charge on any atom is 0.330 e. The van der Waals surface area contributed by atoms with Crippen molar-refractivity contribution in [2.24, 2.45) is 0 Å². The molecule has 4 rings (SSSR count). The predicted molar refractivity (Wildman–Crippen MR) is 110 cm³/mol. The van der Waals surface area contributed by atoms with Crippen molar-refractivity contribution < 1.29 is 22.7 Å². The highest BCUT2D eigenvalue weighted by molar-refractivity contribution is 7.93. The summed E-state index contributed by atoms with van der Waals surface area (Å²) in [5.74, 6) is 0.354. The molecular formula is C23H20O5S. The van der Waals surface area contributed by atoms with E-state index in [1.165, 1.54) is 0 Å². The van der Waals surface area contributed by atoms with E-state index in [1.807, 2.05) is 13.0 Å². The zero-order chi connectivity index (χ0) is 20.6. The van der Waals surface area contributed by atoms with Gasteiger partial charge in [-0.3, -0.25) is 4.79 Å². The second-order valence-electron chi connectivity index (χ2n) is 6.99. The van der Waals surface area contributed by atoms with Gasteiger partial charge in [0.2, 0.25) is 0 Å². The Kier molecular flexibility index (Phi) is 4.88. The Labute approximate surface area is 169 Å². The number of carbonyl (C=O) groups is 1. The number of para-hydroxylation sites is 1. The maximum absolute atomic E-state index is 13.6. The van der Waals surface area contributed by atoms with E-state index < -0.39 is 21.1 Å². The van der Waals surface area contributed by atoms with Gasteiger partial charge in [0.1, 0.15) is 11.5 Å². The molecular weight excluding hydrogens is 388 g/mol. The van der Waals surface area contributed by atoms with E-state index in [-0.39, 0.29) is 11.3 Å². The molecule has 3 aromatic rings. The Morgan fingerprint density at radius 1 is 1.00 bits per heavy atom. The second-order valence-corrected chi connectivity index (χ2v) is 9.09. The van der Waals surface area contributed by atoms with Crippen LogP contribution in [0.15, 0.2) is 71.6 Å². The first-order chi connectivity index (χ1) is 13.9. The molecule has 0 saturated carbocycles. The summed E-state index contributed by atoms with van der Waals surface area (Å²) in [5, 5.41) is -1.28. The number of benzene rings is 3. The van der Waals surface area contributed by atoms with Crippen molar-refractivity contribution in [1.82, 2.24) is 0 Å². The van der Waals surface area contributed by atoms with Gasteiger partial charge < -0.3 is 9.47 Å². The lowest BCUT2D eigenvalue weighted by molar-refractivity contribution is -0.134. The van der Waals surface area contributed by atoms with Gasteiger partial charge in [0.25, 0.3) is 0 Å². The molecule has 0 saturated heterocycles. The summed E-state index contributed by atoms with van der Waals surface area (Å²) >= 11 is 0. The molecule has 3 aromatic carbocycles. The molecule has 148 valence electrons. The molecule has 0 spiro atoms. The number of carbonyl (C=O) groups excluding carboxylic acids is 1. The first-order valence-electron chi connectivity index (χ1n) is 9.19. The Morgan fingerprint density at radius 3 is 2.45 bits per heavy atom. The van der Waals surface area contributed by atoms with Gasteiger partial charge in [-0.05, 0) is 47.9 Å². The summed E-state index contributed by atoms with van der Waals surface area (Å²) in [6, 6.07) is 19.4. The number of rotatable bonds is 4. The molecule has 0 aliphatic carbocycles. The first kappa shape index (κ1) is 19.2. The van der Waals surface area contributed by atoms with E-state index >= 15 is 0 Å². The Morgan fingerprint density at radius 2 is 1.72 bits per heavy atom. The molecule has 1 aliphatic rings. The number of fused-ring (bicyclic) bond motifs is 1. The van der Waals surface area contributed by atoms with Crippen LogP contribution in [0.1, 0.15) is 11.1 Å². The van der Waals surface area contributed by atoms with Crippen LogP contribution in [-0.2, 0) is 21.1 Å². The number of methoxy groups -OCH3 is 1. The molecule has 0 N–H and O–H groups in total. The Bertz CT molecular complexity index is 1180. The predicted octanol–water partition coefficient (Wildman–Crippen LogP) is 3.97. The van der Waals surface area contributed by atoms with Crippen LogP contribution in [-0.4, -0.2) is 26.7 Å². The third-order valence-electron chi connectivity index (χ3n) is 5.07. The second kappa shape index (κ2) is 7.37. The van der Waals surface area contributed by atoms with Crippen molar-refractivity contribution in [2.75, 3.05) is 7.11 Å². The lowest BCUT2D eigenvalue weighted by atomic mass is 10.0. The van der Waals surface area contributed by atoms with E-state index in [2.05, 4.69) is 0 Å². The molecule has 0 aromatic heterocycles. The number of esters is 1. The van der Waals surface area contributed by atoms with Crippen molar-refractivity contribution >= 4 is 15.8 Å². The number of sulfone groups is 1. The number of hydrogen-bond donors (Lipinski definition) is 0. The van der Waals surface area contributed by atoms with Gasteiger partial charge in [-0.25, -0.2) is 8.42 Å². The van der Waals surface area contributed by atoms with Crippen LogP contribution in [0.5, 0.6) is 11.5 Å². The average molecular weight is 408 g/mol. The first-order valence-corrected chi connectivity index (χ1v) is 10.7. The van der Waals surface area contributed by atoms with Crippen LogP contribution in [0.2, 0.25) is 0 Å². The van der Waals surface area contributed by atoms with Crippen molar-refractivity contribution in [3.8, 4) is 22.6 Å². The van der Waals surface area contributed by atoms with Crippen LogP contribution in [0.3, 0.4) is 0 Å². The van der Waals surface area contributed by atoms with Crippen LogP contribution >= 0.6 is 0 Å². The summed E-state index contributed by atoms with van der Waals surface area (Å²) in [6.07, 6.45) is 0.0906. The molecule has 0 fully saturated rings. The van der Waals surface area contributed by atoms with Gasteiger partial charge in [0.15, 0.2) is 15.1 Å². The van der Waals surface area contributed by atoms with Crippen molar-refractivity contribution in [2.45, 2.75) is 23.5 Å². The molecule has 0 radical (unpaired) electrons. The number of hydrogen-bond acceptors (Lipinski definition) is 5. The van der Waals surface area contributed by atoms with Gasteiger partial charge in [-0.15, -0.1) is 0 Å². The van der Waals surface area contributed by atoms with Crippen LogP contribution in [0.4, 0.5) is 0 Å². The zero-order valence-electron chi connectivity index (χ0n) is 16.1. The normalized spacial score (nSPS) is 16.1. The van der Waals surface area contributed by atoms with E-state index in [0.717, 1.165) is 11.1 Å². The minimum absolute atomic E-state index is 0.0906. The van der Waals surface area contributed by atoms with E-state index in [1.54, 1.807) is 67.8 Å². The molecule has 1 unspecified atom stereocenters. The highest BCUT2D eigenvalue weighted by Crippen LogP contribution is 2.35. The quantitative estimate of drug-likeness (QED) is 0.483. The Hall–Kier alpha value is -3.12. The fraction of sp³-hybridized carbons (Fsp3) is 0.174. The zero-order valence-corrected chi connectivity index (χ0v) is 16.9. The average Bonchev–Trinajstić information content (AvgIpc) is 2.73. The third-order valence-corrected chi connectivity index (χ3v) is 7.13. The molecule has 1 heterocycles. The SMILES string of the molecule is COc1ccc(-c2ccc(C)cc2S(=O)(=O)C2Cc3ccccc3OC2=O)cc1. The highest BCUT2D eigenvalue weighted by atomic mass is 32.2.